The largest absolute Gasteiger partial charge is 0.374 e. The first-order valence-electron chi connectivity index (χ1n) is 6.30. The van der Waals surface area contributed by atoms with Crippen LogP contribution in [0.15, 0.2) is 18.2 Å². The van der Waals surface area contributed by atoms with E-state index in [1.54, 1.807) is 6.07 Å². The van der Waals surface area contributed by atoms with Crippen LogP contribution in [0.2, 0.25) is 10.0 Å². The maximum absolute atomic E-state index is 6.19. The van der Waals surface area contributed by atoms with Gasteiger partial charge >= 0.3 is 0 Å². The summed E-state index contributed by atoms with van der Waals surface area (Å²) in [4.78, 5) is 2.24. The number of hydrazine groups is 1. The van der Waals surface area contributed by atoms with Crippen molar-refractivity contribution in [1.29, 1.82) is 0 Å². The van der Waals surface area contributed by atoms with Gasteiger partial charge in [-0.05, 0) is 31.2 Å². The van der Waals surface area contributed by atoms with E-state index in [0.717, 1.165) is 25.3 Å². The molecule has 1 aliphatic rings. The zero-order valence-electron chi connectivity index (χ0n) is 10.9. The molecule has 1 aliphatic heterocycles. The maximum Gasteiger partial charge on any atom is 0.0871 e. The molecule has 1 aromatic carbocycles. The minimum Gasteiger partial charge on any atom is -0.374 e. The fourth-order valence-electron chi connectivity index (χ4n) is 2.28. The summed E-state index contributed by atoms with van der Waals surface area (Å²) in [5, 5.41) is 1.30. The monoisotopic (exact) mass is 303 g/mol. The number of likely N-dealkylation sites (N-methyl/N-ethyl adjacent to an activating group) is 1. The number of hydrogen-bond acceptors (Lipinski definition) is 4. The first kappa shape index (κ1) is 15.0. The lowest BCUT2D eigenvalue weighted by molar-refractivity contribution is -0.0384. The fourth-order valence-corrected chi connectivity index (χ4v) is 2.76. The Labute approximate surface area is 123 Å². The molecule has 0 aromatic heterocycles. The van der Waals surface area contributed by atoms with Gasteiger partial charge in [-0.15, -0.1) is 0 Å². The second kappa shape index (κ2) is 6.88. The fraction of sp³-hybridized carbons (Fsp3) is 0.538. The first-order valence-corrected chi connectivity index (χ1v) is 7.06. The van der Waals surface area contributed by atoms with Crippen LogP contribution in [0.1, 0.15) is 5.56 Å². The van der Waals surface area contributed by atoms with Gasteiger partial charge in [0.1, 0.15) is 0 Å². The molecule has 2 rings (SSSR count). The molecular weight excluding hydrogens is 285 g/mol. The second-order valence-electron chi connectivity index (χ2n) is 4.88. The number of rotatable bonds is 4. The molecule has 4 nitrogen and oxygen atoms in total. The maximum atomic E-state index is 6.19. The van der Waals surface area contributed by atoms with E-state index in [1.807, 2.05) is 12.1 Å². The van der Waals surface area contributed by atoms with Gasteiger partial charge in [0.25, 0.3) is 0 Å². The van der Waals surface area contributed by atoms with Crippen molar-refractivity contribution in [3.05, 3.63) is 33.8 Å². The first-order chi connectivity index (χ1) is 9.10. The van der Waals surface area contributed by atoms with Crippen molar-refractivity contribution in [2.75, 3.05) is 26.7 Å². The van der Waals surface area contributed by atoms with E-state index >= 15 is 0 Å². The van der Waals surface area contributed by atoms with E-state index in [2.05, 4.69) is 17.4 Å². The van der Waals surface area contributed by atoms with E-state index in [0.29, 0.717) is 16.5 Å². The normalized spacial score (nSPS) is 22.4. The van der Waals surface area contributed by atoms with E-state index in [-0.39, 0.29) is 12.1 Å². The minimum atomic E-state index is 0.0291. The predicted molar refractivity (Wildman–Crippen MR) is 78.5 cm³/mol. The second-order valence-corrected chi connectivity index (χ2v) is 5.73. The molecule has 19 heavy (non-hydrogen) atoms. The van der Waals surface area contributed by atoms with Crippen LogP contribution in [0.4, 0.5) is 0 Å². The number of nitrogens with two attached hydrogens (primary N) is 1. The van der Waals surface area contributed by atoms with Crippen molar-refractivity contribution < 1.29 is 4.74 Å². The SMILES string of the molecule is CN1CCOC(C(Cc2ccc(Cl)cc2Cl)NN)C1. The Morgan fingerprint density at radius 1 is 1.53 bits per heavy atom. The number of hydrogen-bond donors (Lipinski definition) is 2. The smallest absolute Gasteiger partial charge is 0.0871 e. The third-order valence-electron chi connectivity index (χ3n) is 3.41. The molecule has 2 atom stereocenters. The Balaban J connectivity index is 2.05. The van der Waals surface area contributed by atoms with Gasteiger partial charge in [0.2, 0.25) is 0 Å². The topological polar surface area (TPSA) is 50.5 Å². The number of benzene rings is 1. The molecule has 6 heteroatoms. The van der Waals surface area contributed by atoms with E-state index in [9.17, 15) is 0 Å². The highest BCUT2D eigenvalue weighted by Gasteiger charge is 2.26. The molecule has 1 aromatic rings. The van der Waals surface area contributed by atoms with Crippen molar-refractivity contribution in [3.8, 4) is 0 Å². The summed E-state index contributed by atoms with van der Waals surface area (Å²) < 4.78 is 5.78. The zero-order chi connectivity index (χ0) is 13.8. The van der Waals surface area contributed by atoms with Crippen LogP contribution in [0, 0.1) is 0 Å². The molecule has 0 bridgehead atoms. The number of nitrogens with one attached hydrogen (secondary N) is 1. The van der Waals surface area contributed by atoms with Crippen LogP contribution in [-0.2, 0) is 11.2 Å². The summed E-state index contributed by atoms with van der Waals surface area (Å²) in [7, 11) is 2.08. The van der Waals surface area contributed by atoms with E-state index in [1.165, 1.54) is 0 Å². The Bertz CT molecular complexity index is 430. The summed E-state index contributed by atoms with van der Waals surface area (Å²) in [6.45, 7) is 2.54. The van der Waals surface area contributed by atoms with Gasteiger partial charge < -0.3 is 9.64 Å². The number of ether oxygens (including phenoxy) is 1. The summed E-state index contributed by atoms with van der Waals surface area (Å²) in [5.74, 6) is 5.66. The molecule has 1 heterocycles. The lowest BCUT2D eigenvalue weighted by Gasteiger charge is -2.35. The van der Waals surface area contributed by atoms with Crippen molar-refractivity contribution in [1.82, 2.24) is 10.3 Å². The van der Waals surface area contributed by atoms with Crippen molar-refractivity contribution in [2.24, 2.45) is 5.84 Å². The van der Waals surface area contributed by atoms with E-state index < -0.39 is 0 Å². The highest BCUT2D eigenvalue weighted by atomic mass is 35.5. The molecule has 0 amide bonds. The quantitative estimate of drug-likeness (QED) is 0.657. The molecule has 0 radical (unpaired) electrons. The molecule has 2 unspecified atom stereocenters. The number of morpholine rings is 1. The van der Waals surface area contributed by atoms with Gasteiger partial charge in [0.05, 0.1) is 18.8 Å². The Morgan fingerprint density at radius 3 is 2.95 bits per heavy atom. The lowest BCUT2D eigenvalue weighted by Crippen LogP contribution is -2.54. The third-order valence-corrected chi connectivity index (χ3v) is 4.00. The van der Waals surface area contributed by atoms with Gasteiger partial charge in [-0.2, -0.15) is 0 Å². The van der Waals surface area contributed by atoms with Crippen molar-refractivity contribution in [2.45, 2.75) is 18.6 Å². The van der Waals surface area contributed by atoms with Gasteiger partial charge in [0, 0.05) is 23.1 Å². The molecule has 0 saturated carbocycles. The number of halogens is 2. The van der Waals surface area contributed by atoms with Gasteiger partial charge in [0.15, 0.2) is 0 Å². The van der Waals surface area contributed by atoms with Gasteiger partial charge in [-0.3, -0.25) is 11.3 Å². The van der Waals surface area contributed by atoms with Crippen LogP contribution in [0.5, 0.6) is 0 Å². The van der Waals surface area contributed by atoms with Crippen LogP contribution < -0.4 is 11.3 Å². The molecule has 1 saturated heterocycles. The highest BCUT2D eigenvalue weighted by molar-refractivity contribution is 6.35. The predicted octanol–water partition coefficient (Wildman–Crippen LogP) is 1.70. The zero-order valence-corrected chi connectivity index (χ0v) is 12.4. The van der Waals surface area contributed by atoms with Gasteiger partial charge in [-0.25, -0.2) is 0 Å². The molecular formula is C13H19Cl2N3O. The Hall–Kier alpha value is -0.360. The summed E-state index contributed by atoms with van der Waals surface area (Å²) >= 11 is 12.1. The van der Waals surface area contributed by atoms with Crippen LogP contribution in [0.25, 0.3) is 0 Å². The Kier molecular flexibility index (Phi) is 5.45. The molecule has 0 spiro atoms. The van der Waals surface area contributed by atoms with E-state index in [4.69, 9.17) is 33.8 Å². The summed E-state index contributed by atoms with van der Waals surface area (Å²) in [5.41, 5.74) is 3.86. The summed E-state index contributed by atoms with van der Waals surface area (Å²) in [6.07, 6.45) is 0.779. The Morgan fingerprint density at radius 2 is 2.32 bits per heavy atom. The highest BCUT2D eigenvalue weighted by Crippen LogP contribution is 2.23. The molecule has 0 aliphatic carbocycles. The van der Waals surface area contributed by atoms with Crippen LogP contribution in [0.3, 0.4) is 0 Å². The van der Waals surface area contributed by atoms with Crippen LogP contribution in [-0.4, -0.2) is 43.8 Å². The summed E-state index contributed by atoms with van der Waals surface area (Å²) in [6, 6.07) is 5.55. The van der Waals surface area contributed by atoms with Crippen molar-refractivity contribution in [3.63, 3.8) is 0 Å². The number of nitrogens with zero attached hydrogens (tertiary/aromatic N) is 1. The lowest BCUT2D eigenvalue weighted by atomic mass is 10.0. The molecule has 106 valence electrons. The van der Waals surface area contributed by atoms with Crippen molar-refractivity contribution >= 4 is 23.2 Å². The molecule has 1 fully saturated rings. The average molecular weight is 304 g/mol. The standard InChI is InChI=1S/C13H19Cl2N3O/c1-18-4-5-19-13(8-18)12(17-16)6-9-2-3-10(14)7-11(9)15/h2-3,7,12-13,17H,4-6,8,16H2,1H3. The molecule has 3 N–H and O–H groups in total. The van der Waals surface area contributed by atoms with Gasteiger partial charge in [-0.1, -0.05) is 29.3 Å². The average Bonchev–Trinajstić information content (AvgIpc) is 2.38. The van der Waals surface area contributed by atoms with Crippen LogP contribution >= 0.6 is 23.2 Å². The third kappa shape index (κ3) is 4.05. The minimum absolute atomic E-state index is 0.0291.